The quantitative estimate of drug-likeness (QED) is 0.423. The summed E-state index contributed by atoms with van der Waals surface area (Å²) in [7, 11) is 0. The lowest BCUT2D eigenvalue weighted by Crippen LogP contribution is -2.36. The molecule has 1 fully saturated rings. The fraction of sp³-hybridized carbons (Fsp3) is 0.400. The number of piperidine rings is 1. The number of rotatable bonds is 7. The Morgan fingerprint density at radius 1 is 1.16 bits per heavy atom. The van der Waals surface area contributed by atoms with Crippen molar-refractivity contribution in [3.8, 4) is 11.5 Å². The predicted octanol–water partition coefficient (Wildman–Crippen LogP) is 5.06. The normalized spacial score (nSPS) is 17.0. The number of fused-ring (bicyclic) bond motifs is 1. The van der Waals surface area contributed by atoms with Crippen molar-refractivity contribution in [1.82, 2.24) is 4.90 Å². The van der Waals surface area contributed by atoms with Gasteiger partial charge in [-0.25, -0.2) is 4.79 Å². The molecule has 1 aromatic heterocycles. The molecule has 6 nitrogen and oxygen atoms in total. The van der Waals surface area contributed by atoms with E-state index in [2.05, 4.69) is 11.8 Å². The van der Waals surface area contributed by atoms with Crippen molar-refractivity contribution in [2.75, 3.05) is 19.8 Å². The topological polar surface area (TPSA) is 72.1 Å². The molecule has 1 N–H and O–H groups in total. The second-order valence-corrected chi connectivity index (χ2v) is 8.08. The second kappa shape index (κ2) is 9.43. The lowest BCUT2D eigenvalue weighted by atomic mass is 9.99. The maximum Gasteiger partial charge on any atom is 0.342 e. The van der Waals surface area contributed by atoms with E-state index in [0.717, 1.165) is 30.7 Å². The van der Waals surface area contributed by atoms with Gasteiger partial charge in [-0.15, -0.1) is 0 Å². The van der Waals surface area contributed by atoms with E-state index in [1.54, 1.807) is 19.1 Å². The number of aromatic hydroxyl groups is 1. The summed E-state index contributed by atoms with van der Waals surface area (Å²) in [6, 6.07) is 13.2. The van der Waals surface area contributed by atoms with E-state index in [-0.39, 0.29) is 19.0 Å². The summed E-state index contributed by atoms with van der Waals surface area (Å²) >= 11 is 0. The molecular formula is C25H29NO5. The number of benzene rings is 2. The molecule has 2 heterocycles. The van der Waals surface area contributed by atoms with Gasteiger partial charge < -0.3 is 19.0 Å². The van der Waals surface area contributed by atoms with Crippen LogP contribution in [0, 0.1) is 6.92 Å². The minimum Gasteiger partial charge on any atom is -0.508 e. The monoisotopic (exact) mass is 423 g/mol. The van der Waals surface area contributed by atoms with Crippen LogP contribution in [0.15, 0.2) is 46.9 Å². The van der Waals surface area contributed by atoms with Crippen molar-refractivity contribution in [2.24, 2.45) is 0 Å². The summed E-state index contributed by atoms with van der Waals surface area (Å²) in [6.07, 6.45) is 3.50. The molecule has 164 valence electrons. The highest BCUT2D eigenvalue weighted by atomic mass is 16.6. The molecular weight excluding hydrogens is 394 g/mol. The van der Waals surface area contributed by atoms with Crippen LogP contribution in [0.25, 0.3) is 11.0 Å². The molecule has 1 aliphatic rings. The van der Waals surface area contributed by atoms with Crippen molar-refractivity contribution in [2.45, 2.75) is 45.7 Å². The Bertz CT molecular complexity index is 1040. The van der Waals surface area contributed by atoms with E-state index in [1.165, 1.54) is 6.42 Å². The highest BCUT2D eigenvalue weighted by Crippen LogP contribution is 2.36. The minimum absolute atomic E-state index is 0.122. The van der Waals surface area contributed by atoms with E-state index >= 15 is 0 Å². The number of carbonyl (C=O) groups is 1. The molecule has 0 aliphatic carbocycles. The average molecular weight is 424 g/mol. The summed E-state index contributed by atoms with van der Waals surface area (Å²) < 4.78 is 16.9. The number of hydrogen-bond acceptors (Lipinski definition) is 6. The first-order valence-corrected chi connectivity index (χ1v) is 10.9. The fourth-order valence-electron chi connectivity index (χ4n) is 4.25. The van der Waals surface area contributed by atoms with Gasteiger partial charge >= 0.3 is 5.97 Å². The predicted molar refractivity (Wildman–Crippen MR) is 119 cm³/mol. The van der Waals surface area contributed by atoms with Gasteiger partial charge in [-0.05, 0) is 57.5 Å². The Hall–Kier alpha value is -2.99. The molecule has 4 rings (SSSR count). The van der Waals surface area contributed by atoms with Crippen LogP contribution >= 0.6 is 0 Å². The minimum atomic E-state index is -0.466. The molecule has 1 aliphatic heterocycles. The average Bonchev–Trinajstić information content (AvgIpc) is 3.11. The van der Waals surface area contributed by atoms with Crippen LogP contribution < -0.4 is 4.74 Å². The number of nitrogens with zero attached hydrogens (tertiary/aromatic N) is 1. The second-order valence-electron chi connectivity index (χ2n) is 8.08. The Morgan fingerprint density at radius 3 is 2.74 bits per heavy atom. The number of ether oxygens (including phenoxy) is 2. The smallest absolute Gasteiger partial charge is 0.342 e. The first-order valence-electron chi connectivity index (χ1n) is 10.9. The number of phenolic OH excluding ortho intramolecular Hbond substituents is 1. The van der Waals surface area contributed by atoms with Gasteiger partial charge in [-0.1, -0.05) is 24.6 Å². The number of esters is 1. The molecule has 0 radical (unpaired) electrons. The number of hydrogen-bond donors (Lipinski definition) is 1. The first kappa shape index (κ1) is 21.2. The fourth-order valence-corrected chi connectivity index (χ4v) is 4.25. The van der Waals surface area contributed by atoms with Crippen molar-refractivity contribution >= 4 is 16.9 Å². The first-order chi connectivity index (χ1) is 15.0. The molecule has 0 unspecified atom stereocenters. The van der Waals surface area contributed by atoms with Crippen LogP contribution in [-0.4, -0.2) is 41.8 Å². The number of aryl methyl sites for hydroxylation is 1. The number of furan rings is 1. The highest BCUT2D eigenvalue weighted by Gasteiger charge is 2.26. The Morgan fingerprint density at radius 2 is 1.97 bits per heavy atom. The summed E-state index contributed by atoms with van der Waals surface area (Å²) in [5.41, 5.74) is 1.68. The maximum absolute atomic E-state index is 12.9. The molecule has 3 aromatic rings. The van der Waals surface area contributed by atoms with Gasteiger partial charge in [-0.2, -0.15) is 0 Å². The van der Waals surface area contributed by atoms with Gasteiger partial charge in [-0.3, -0.25) is 4.90 Å². The number of likely N-dealkylation sites (tertiary alicyclic amines) is 1. The molecule has 0 bridgehead atoms. The Kier molecular flexibility index (Phi) is 6.47. The van der Waals surface area contributed by atoms with Crippen LogP contribution in [-0.2, 0) is 11.3 Å². The molecule has 2 aromatic carbocycles. The van der Waals surface area contributed by atoms with Gasteiger partial charge in [0.25, 0.3) is 0 Å². The van der Waals surface area contributed by atoms with Gasteiger partial charge in [0.2, 0.25) is 0 Å². The lowest BCUT2D eigenvalue weighted by Gasteiger charge is -2.33. The third kappa shape index (κ3) is 4.69. The molecule has 1 saturated heterocycles. The van der Waals surface area contributed by atoms with Crippen LogP contribution in [0.5, 0.6) is 11.5 Å². The van der Waals surface area contributed by atoms with Crippen molar-refractivity contribution in [1.29, 1.82) is 0 Å². The Labute approximate surface area is 182 Å². The molecule has 0 amide bonds. The third-order valence-corrected chi connectivity index (χ3v) is 5.95. The van der Waals surface area contributed by atoms with Crippen molar-refractivity contribution in [3.63, 3.8) is 0 Å². The summed E-state index contributed by atoms with van der Waals surface area (Å²) in [6.45, 7) is 5.89. The van der Waals surface area contributed by atoms with Crippen molar-refractivity contribution in [3.05, 3.63) is 59.4 Å². The molecule has 0 spiro atoms. The number of para-hydroxylation sites is 1. The van der Waals surface area contributed by atoms with E-state index in [1.807, 2.05) is 30.3 Å². The maximum atomic E-state index is 12.9. The lowest BCUT2D eigenvalue weighted by molar-refractivity contribution is 0.0450. The van der Waals surface area contributed by atoms with Crippen LogP contribution in [0.1, 0.15) is 47.9 Å². The van der Waals surface area contributed by atoms with Gasteiger partial charge in [0.1, 0.15) is 41.6 Å². The van der Waals surface area contributed by atoms with Crippen molar-refractivity contribution < 1.29 is 23.8 Å². The van der Waals surface area contributed by atoms with Gasteiger partial charge in [0, 0.05) is 23.5 Å². The van der Waals surface area contributed by atoms with Gasteiger partial charge in [0.15, 0.2) is 0 Å². The zero-order valence-corrected chi connectivity index (χ0v) is 18.1. The number of carbonyl (C=O) groups excluding carboxylic acids is 1. The molecule has 0 saturated carbocycles. The van der Waals surface area contributed by atoms with E-state index in [9.17, 15) is 9.90 Å². The molecule has 6 heteroatoms. The van der Waals surface area contributed by atoms with Crippen LogP contribution in [0.2, 0.25) is 0 Å². The van der Waals surface area contributed by atoms with Gasteiger partial charge in [0.05, 0.1) is 0 Å². The van der Waals surface area contributed by atoms with Crippen LogP contribution in [0.3, 0.4) is 0 Å². The number of phenols is 1. The molecule has 1 atom stereocenters. The summed E-state index contributed by atoms with van der Waals surface area (Å²) in [5, 5.41) is 11.3. The SMILES string of the molecule is Cc1oc2ccc(O)c(CN3CCCC[C@@H]3C)c2c1C(=O)OCCOc1ccccc1. The highest BCUT2D eigenvalue weighted by molar-refractivity contribution is 6.06. The standard InChI is InChI=1S/C25H29NO5/c1-17-8-6-7-13-26(17)16-20-21(27)11-12-22-24(20)23(18(2)31-22)25(28)30-15-14-29-19-9-4-3-5-10-19/h3-5,9-12,17,27H,6-8,13-16H2,1-2H3/t17-/m0/s1. The largest absolute Gasteiger partial charge is 0.508 e. The zero-order valence-electron chi connectivity index (χ0n) is 18.1. The third-order valence-electron chi connectivity index (χ3n) is 5.95. The molecule has 31 heavy (non-hydrogen) atoms. The Balaban J connectivity index is 1.53. The van der Waals surface area contributed by atoms with E-state index in [4.69, 9.17) is 13.9 Å². The summed E-state index contributed by atoms with van der Waals surface area (Å²) in [4.78, 5) is 15.3. The summed E-state index contributed by atoms with van der Waals surface area (Å²) in [5.74, 6) is 0.924. The van der Waals surface area contributed by atoms with E-state index in [0.29, 0.717) is 34.9 Å². The van der Waals surface area contributed by atoms with Crippen LogP contribution in [0.4, 0.5) is 0 Å². The zero-order chi connectivity index (χ0) is 21.8. The van der Waals surface area contributed by atoms with E-state index < -0.39 is 5.97 Å².